The fourth-order valence-electron chi connectivity index (χ4n) is 4.20. The third-order valence-corrected chi connectivity index (χ3v) is 8.58. The lowest BCUT2D eigenvalue weighted by atomic mass is 9.89. The molecule has 176 valence electrons. The Morgan fingerprint density at radius 1 is 1.38 bits per heavy atom. The predicted octanol–water partition coefficient (Wildman–Crippen LogP) is 5.54. The van der Waals surface area contributed by atoms with Crippen molar-refractivity contribution in [1.29, 1.82) is 0 Å². The summed E-state index contributed by atoms with van der Waals surface area (Å²) in [4.78, 5) is 33.2. The highest BCUT2D eigenvalue weighted by Crippen LogP contribution is 2.37. The Morgan fingerprint density at radius 3 is 3.00 bits per heavy atom. The molecular formula is C25H24ClN3O3S2. The number of nitrogens with zero attached hydrogens (tertiary/aromatic N) is 2. The van der Waals surface area contributed by atoms with Crippen molar-refractivity contribution in [2.24, 2.45) is 5.92 Å². The molecule has 1 aromatic carbocycles. The maximum absolute atomic E-state index is 13.8. The molecule has 0 aliphatic heterocycles. The Morgan fingerprint density at radius 2 is 2.24 bits per heavy atom. The van der Waals surface area contributed by atoms with Gasteiger partial charge in [0.15, 0.2) is 5.16 Å². The highest BCUT2D eigenvalue weighted by molar-refractivity contribution is 7.99. The lowest BCUT2D eigenvalue weighted by Crippen LogP contribution is -2.26. The van der Waals surface area contributed by atoms with E-state index in [9.17, 15) is 9.59 Å². The minimum absolute atomic E-state index is 0.101. The second-order valence-corrected chi connectivity index (χ2v) is 11.1. The molecule has 0 radical (unpaired) electrons. The molecule has 3 aromatic heterocycles. The topological polar surface area (TPSA) is 77.1 Å². The summed E-state index contributed by atoms with van der Waals surface area (Å²) in [5.74, 6) is 1.25. The zero-order valence-corrected chi connectivity index (χ0v) is 21.3. The average Bonchev–Trinajstić information content (AvgIpc) is 3.45. The van der Waals surface area contributed by atoms with E-state index >= 15 is 0 Å². The number of halogens is 1. The van der Waals surface area contributed by atoms with Crippen LogP contribution in [0.3, 0.4) is 0 Å². The molecule has 0 spiro atoms. The van der Waals surface area contributed by atoms with E-state index in [4.69, 9.17) is 21.0 Å². The fourth-order valence-corrected chi connectivity index (χ4v) is 6.64. The van der Waals surface area contributed by atoms with Crippen molar-refractivity contribution in [3.63, 3.8) is 0 Å². The van der Waals surface area contributed by atoms with Gasteiger partial charge in [0.2, 0.25) is 5.91 Å². The normalized spacial score (nSPS) is 15.4. The van der Waals surface area contributed by atoms with Gasteiger partial charge in [-0.05, 0) is 67.5 Å². The second-order valence-electron chi connectivity index (χ2n) is 8.65. The molecular weight excluding hydrogens is 490 g/mol. The smallest absolute Gasteiger partial charge is 0.267 e. The molecule has 0 saturated carbocycles. The molecule has 4 aromatic rings. The molecule has 9 heteroatoms. The first kappa shape index (κ1) is 23.2. The number of benzene rings is 1. The van der Waals surface area contributed by atoms with E-state index in [1.54, 1.807) is 40.4 Å². The first-order valence-electron chi connectivity index (χ1n) is 11.2. The summed E-state index contributed by atoms with van der Waals surface area (Å²) in [6, 6.07) is 9.14. The molecule has 0 bridgehead atoms. The van der Waals surface area contributed by atoms with Crippen LogP contribution in [-0.4, -0.2) is 21.2 Å². The number of carbonyl (C=O) groups is 1. The van der Waals surface area contributed by atoms with Crippen molar-refractivity contribution in [1.82, 2.24) is 14.9 Å². The third kappa shape index (κ3) is 4.54. The fraction of sp³-hybridized carbons (Fsp3) is 0.320. The van der Waals surface area contributed by atoms with Crippen LogP contribution in [0.4, 0.5) is 0 Å². The van der Waals surface area contributed by atoms with Crippen LogP contribution in [0.2, 0.25) is 5.02 Å². The highest BCUT2D eigenvalue weighted by Gasteiger charge is 2.25. The number of rotatable bonds is 6. The summed E-state index contributed by atoms with van der Waals surface area (Å²) in [6.07, 6.45) is 4.51. The monoisotopic (exact) mass is 513 g/mol. The molecule has 0 saturated heterocycles. The van der Waals surface area contributed by atoms with E-state index in [1.807, 2.05) is 19.1 Å². The van der Waals surface area contributed by atoms with Crippen LogP contribution in [0.1, 0.15) is 35.1 Å². The van der Waals surface area contributed by atoms with E-state index in [-0.39, 0.29) is 17.2 Å². The zero-order chi connectivity index (χ0) is 23.8. The van der Waals surface area contributed by atoms with Crippen LogP contribution in [-0.2, 0) is 24.2 Å². The average molecular weight is 514 g/mol. The molecule has 6 nitrogen and oxygen atoms in total. The third-order valence-electron chi connectivity index (χ3n) is 6.08. The summed E-state index contributed by atoms with van der Waals surface area (Å²) < 4.78 is 6.87. The van der Waals surface area contributed by atoms with Gasteiger partial charge in [-0.2, -0.15) is 0 Å². The van der Waals surface area contributed by atoms with E-state index in [0.29, 0.717) is 39.5 Å². The molecule has 1 aliphatic rings. The van der Waals surface area contributed by atoms with Crippen LogP contribution in [0.5, 0.6) is 0 Å². The largest absolute Gasteiger partial charge is 0.467 e. The molecule has 1 aliphatic carbocycles. The summed E-state index contributed by atoms with van der Waals surface area (Å²) in [5, 5.41) is 4.61. The number of carbonyl (C=O) groups excluding carboxylic acids is 1. The van der Waals surface area contributed by atoms with Crippen molar-refractivity contribution >= 4 is 50.8 Å². The molecule has 3 heterocycles. The first-order valence-corrected chi connectivity index (χ1v) is 13.3. The standard InChI is InChI=1S/C25H24ClN3O3S2/c1-14-5-8-18-20(10-14)34-23-22(18)24(31)29(16-7-6-15(2)19(26)11-16)25(28-23)33-13-21(30)27-12-17-4-3-9-32-17/h3-4,6-7,9,11,14H,5,8,10,12-13H2,1-2H3,(H,27,30)/t14-/m1/s1. The predicted molar refractivity (Wildman–Crippen MR) is 137 cm³/mol. The molecule has 1 atom stereocenters. The Bertz CT molecular complexity index is 1430. The van der Waals surface area contributed by atoms with Crippen LogP contribution in [0.15, 0.2) is 51.0 Å². The number of aromatic nitrogens is 2. The number of amides is 1. The summed E-state index contributed by atoms with van der Waals surface area (Å²) in [6.45, 7) is 4.48. The van der Waals surface area contributed by atoms with Crippen molar-refractivity contribution in [2.75, 3.05) is 5.75 Å². The Balaban J connectivity index is 1.53. The molecule has 5 rings (SSSR count). The minimum Gasteiger partial charge on any atom is -0.467 e. The van der Waals surface area contributed by atoms with Crippen molar-refractivity contribution in [2.45, 2.75) is 44.8 Å². The Labute approximate surface area is 210 Å². The Hall–Kier alpha value is -2.55. The van der Waals surface area contributed by atoms with E-state index in [2.05, 4.69) is 12.2 Å². The summed E-state index contributed by atoms with van der Waals surface area (Å²) >= 11 is 9.25. The van der Waals surface area contributed by atoms with Gasteiger partial charge in [0.05, 0.1) is 29.6 Å². The maximum atomic E-state index is 13.8. The number of thioether (sulfide) groups is 1. The Kier molecular flexibility index (Phi) is 6.55. The van der Waals surface area contributed by atoms with Crippen molar-refractivity contribution in [3.8, 4) is 5.69 Å². The van der Waals surface area contributed by atoms with Gasteiger partial charge in [0.25, 0.3) is 5.56 Å². The van der Waals surface area contributed by atoms with Gasteiger partial charge in [-0.25, -0.2) is 4.98 Å². The van der Waals surface area contributed by atoms with Crippen LogP contribution < -0.4 is 10.9 Å². The molecule has 1 N–H and O–H groups in total. The van der Waals surface area contributed by atoms with Crippen LogP contribution in [0.25, 0.3) is 15.9 Å². The van der Waals surface area contributed by atoms with Crippen molar-refractivity contribution in [3.05, 3.63) is 73.7 Å². The lowest BCUT2D eigenvalue weighted by molar-refractivity contribution is -0.118. The van der Waals surface area contributed by atoms with Gasteiger partial charge < -0.3 is 9.73 Å². The SMILES string of the molecule is Cc1ccc(-n2c(SCC(=O)NCc3ccco3)nc3sc4c(c3c2=O)CC[C@@H](C)C4)cc1Cl. The van der Waals surface area contributed by atoms with Crippen molar-refractivity contribution < 1.29 is 9.21 Å². The number of hydrogen-bond donors (Lipinski definition) is 1. The maximum Gasteiger partial charge on any atom is 0.267 e. The molecule has 0 unspecified atom stereocenters. The number of hydrogen-bond acceptors (Lipinski definition) is 6. The van der Waals surface area contributed by atoms with E-state index < -0.39 is 0 Å². The summed E-state index contributed by atoms with van der Waals surface area (Å²) in [5.41, 5.74) is 2.62. The molecule has 1 amide bonds. The van der Waals surface area contributed by atoms with Gasteiger partial charge in [-0.3, -0.25) is 14.2 Å². The number of aryl methyl sites for hydroxylation is 2. The van der Waals surface area contributed by atoms with Crippen LogP contribution >= 0.6 is 34.7 Å². The van der Waals surface area contributed by atoms with Gasteiger partial charge in [0.1, 0.15) is 10.6 Å². The van der Waals surface area contributed by atoms with Crippen LogP contribution in [0, 0.1) is 12.8 Å². The zero-order valence-electron chi connectivity index (χ0n) is 18.9. The molecule has 0 fully saturated rings. The highest BCUT2D eigenvalue weighted by atomic mass is 35.5. The number of fused-ring (bicyclic) bond motifs is 3. The van der Waals surface area contributed by atoms with E-state index in [1.165, 1.54) is 16.6 Å². The minimum atomic E-state index is -0.163. The number of furan rings is 1. The van der Waals surface area contributed by atoms with Gasteiger partial charge in [-0.1, -0.05) is 36.4 Å². The number of thiophene rings is 1. The van der Waals surface area contributed by atoms with E-state index in [0.717, 1.165) is 35.2 Å². The first-order chi connectivity index (χ1) is 16.4. The second kappa shape index (κ2) is 9.60. The van der Waals surface area contributed by atoms with Gasteiger partial charge in [0, 0.05) is 9.90 Å². The summed E-state index contributed by atoms with van der Waals surface area (Å²) in [7, 11) is 0. The van der Waals surface area contributed by atoms with Gasteiger partial charge >= 0.3 is 0 Å². The quantitative estimate of drug-likeness (QED) is 0.271. The number of nitrogens with one attached hydrogen (secondary N) is 1. The lowest BCUT2D eigenvalue weighted by Gasteiger charge is -2.18. The molecule has 34 heavy (non-hydrogen) atoms. The van der Waals surface area contributed by atoms with Gasteiger partial charge in [-0.15, -0.1) is 11.3 Å².